The molecule has 0 aliphatic rings. The van der Waals surface area contributed by atoms with Crippen LogP contribution < -0.4 is 25.3 Å². The first-order valence-corrected chi connectivity index (χ1v) is 21.8. The molecule has 3 heterocycles. The number of pyridine rings is 1. The van der Waals surface area contributed by atoms with Gasteiger partial charge in [0.1, 0.15) is 11.5 Å². The number of hydrogen-bond acceptors (Lipinski definition) is 1. The van der Waals surface area contributed by atoms with Gasteiger partial charge in [-0.3, -0.25) is 4.57 Å². The standard InChI is InChI=1S/C52H43N4Si/c1-37(2)44-23-10-11-24-45(44)38-31-32-53-52(33-38)56-48-26-13-12-25-46(48)47-30-29-43(35-51(47)56)57(40-18-6-4-7-19-40,41-20-8-5-9-21-41)42-22-16-17-39(34-42)55-36-54(3)49-27-14-15-28-50(49)55/h4-37H,1-3H3/q+1. The molecule has 3 aromatic heterocycles. The highest BCUT2D eigenvalue weighted by molar-refractivity contribution is 7.20. The minimum Gasteiger partial charge on any atom is -0.294 e. The molecule has 7 aromatic carbocycles. The van der Waals surface area contributed by atoms with Crippen molar-refractivity contribution in [3.05, 3.63) is 206 Å². The number of imidazole rings is 1. The molecule has 0 aliphatic carbocycles. The molecule has 0 unspecified atom stereocenters. The molecule has 274 valence electrons. The molecule has 0 radical (unpaired) electrons. The number of nitrogens with zero attached hydrogens (tertiary/aromatic N) is 4. The van der Waals surface area contributed by atoms with Gasteiger partial charge in [0.05, 0.1) is 18.1 Å². The molecule has 10 rings (SSSR count). The quantitative estimate of drug-likeness (QED) is 0.0865. The van der Waals surface area contributed by atoms with Crippen molar-refractivity contribution in [3.63, 3.8) is 0 Å². The summed E-state index contributed by atoms with van der Waals surface area (Å²) in [4.78, 5) is 5.09. The number of rotatable bonds is 8. The molecule has 5 heteroatoms. The number of benzene rings is 7. The van der Waals surface area contributed by atoms with Crippen molar-refractivity contribution < 1.29 is 4.57 Å². The van der Waals surface area contributed by atoms with Crippen LogP contribution in [0.5, 0.6) is 0 Å². The zero-order chi connectivity index (χ0) is 38.5. The lowest BCUT2D eigenvalue weighted by Crippen LogP contribution is -2.74. The zero-order valence-corrected chi connectivity index (χ0v) is 33.4. The maximum absolute atomic E-state index is 5.09. The first-order valence-electron chi connectivity index (χ1n) is 19.8. The van der Waals surface area contributed by atoms with Crippen LogP contribution in [-0.4, -0.2) is 22.2 Å². The minimum atomic E-state index is -2.95. The third kappa shape index (κ3) is 5.65. The van der Waals surface area contributed by atoms with Gasteiger partial charge in [-0.2, -0.15) is 4.57 Å². The van der Waals surface area contributed by atoms with E-state index in [4.69, 9.17) is 4.98 Å². The van der Waals surface area contributed by atoms with Crippen molar-refractivity contribution in [1.29, 1.82) is 0 Å². The normalized spacial score (nSPS) is 11.9. The van der Waals surface area contributed by atoms with Gasteiger partial charge in [-0.15, -0.1) is 0 Å². The summed E-state index contributed by atoms with van der Waals surface area (Å²) in [6.45, 7) is 4.53. The van der Waals surface area contributed by atoms with Gasteiger partial charge in [0.25, 0.3) is 0 Å². The molecule has 0 N–H and O–H groups in total. The maximum Gasteiger partial charge on any atom is 0.249 e. The Hall–Kier alpha value is -6.82. The highest BCUT2D eigenvalue weighted by atomic mass is 28.3. The fourth-order valence-electron chi connectivity index (χ4n) is 9.16. The Balaban J connectivity index is 1.26. The molecule has 0 amide bonds. The molecule has 0 fully saturated rings. The Morgan fingerprint density at radius 1 is 0.526 bits per heavy atom. The van der Waals surface area contributed by atoms with Gasteiger partial charge in [-0.05, 0) is 91.9 Å². The fraction of sp³-hybridized carbons (Fsp3) is 0.0769. The Bertz CT molecular complexity index is 3030. The molecule has 0 bridgehead atoms. The van der Waals surface area contributed by atoms with Crippen LogP contribution in [0.15, 0.2) is 201 Å². The van der Waals surface area contributed by atoms with E-state index in [1.54, 1.807) is 0 Å². The smallest absolute Gasteiger partial charge is 0.249 e. The number of hydrogen-bond donors (Lipinski definition) is 0. The molecule has 0 atom stereocenters. The Morgan fingerprint density at radius 3 is 1.93 bits per heavy atom. The Labute approximate surface area is 334 Å². The fourth-order valence-corrected chi connectivity index (χ4v) is 13.9. The van der Waals surface area contributed by atoms with Crippen LogP contribution >= 0.6 is 0 Å². The van der Waals surface area contributed by atoms with Gasteiger partial charge in [0.2, 0.25) is 6.33 Å². The second kappa shape index (κ2) is 14.0. The average molecular weight is 752 g/mol. The number of aryl methyl sites for hydroxylation is 1. The van der Waals surface area contributed by atoms with Crippen molar-refractivity contribution in [2.45, 2.75) is 19.8 Å². The summed E-state index contributed by atoms with van der Waals surface area (Å²) in [6, 6.07) is 69.5. The average Bonchev–Trinajstić information content (AvgIpc) is 3.79. The summed E-state index contributed by atoms with van der Waals surface area (Å²) in [5, 5.41) is 7.75. The van der Waals surface area contributed by atoms with Crippen LogP contribution in [0.1, 0.15) is 25.3 Å². The molecule has 4 nitrogen and oxygen atoms in total. The predicted octanol–water partition coefficient (Wildman–Crippen LogP) is 9.11. The highest BCUT2D eigenvalue weighted by Gasteiger charge is 2.42. The monoisotopic (exact) mass is 751 g/mol. The van der Waals surface area contributed by atoms with E-state index in [0.29, 0.717) is 5.92 Å². The van der Waals surface area contributed by atoms with E-state index in [-0.39, 0.29) is 0 Å². The minimum absolute atomic E-state index is 0.403. The highest BCUT2D eigenvalue weighted by Crippen LogP contribution is 2.34. The van der Waals surface area contributed by atoms with E-state index in [2.05, 4.69) is 229 Å². The van der Waals surface area contributed by atoms with Gasteiger partial charge in [-0.25, -0.2) is 9.55 Å². The molecular formula is C52H43N4Si+. The lowest BCUT2D eigenvalue weighted by molar-refractivity contribution is -0.645. The van der Waals surface area contributed by atoms with E-state index in [1.807, 2.05) is 6.20 Å². The summed E-state index contributed by atoms with van der Waals surface area (Å²) in [5.41, 5.74) is 9.58. The van der Waals surface area contributed by atoms with Crippen molar-refractivity contribution in [2.75, 3.05) is 0 Å². The van der Waals surface area contributed by atoms with Crippen LogP contribution in [0.4, 0.5) is 0 Å². The maximum atomic E-state index is 5.09. The van der Waals surface area contributed by atoms with Crippen molar-refractivity contribution in [2.24, 2.45) is 7.05 Å². The summed E-state index contributed by atoms with van der Waals surface area (Å²) in [7, 11) is -0.830. The first kappa shape index (κ1) is 34.7. The molecule has 57 heavy (non-hydrogen) atoms. The first-order chi connectivity index (χ1) is 28.0. The van der Waals surface area contributed by atoms with E-state index >= 15 is 0 Å². The second-order valence-electron chi connectivity index (χ2n) is 15.3. The number of fused-ring (bicyclic) bond motifs is 4. The molecule has 0 saturated heterocycles. The van der Waals surface area contributed by atoms with Crippen LogP contribution in [0, 0.1) is 0 Å². The van der Waals surface area contributed by atoms with Crippen molar-refractivity contribution in [3.8, 4) is 22.6 Å². The molecular weight excluding hydrogens is 709 g/mol. The Morgan fingerprint density at radius 2 is 1.16 bits per heavy atom. The summed E-state index contributed by atoms with van der Waals surface area (Å²) >= 11 is 0. The summed E-state index contributed by atoms with van der Waals surface area (Å²) in [6.07, 6.45) is 4.17. The SMILES string of the molecule is CC(C)c1ccccc1-c1ccnc(-n2c3ccccc3c3ccc([Si](c4ccccc4)(c4ccccc4)c4cccc(-n5c[n+](C)c6ccccc65)c4)cc32)c1. The van der Waals surface area contributed by atoms with Crippen LogP contribution in [0.3, 0.4) is 0 Å². The van der Waals surface area contributed by atoms with Crippen LogP contribution in [0.2, 0.25) is 0 Å². The topological polar surface area (TPSA) is 26.6 Å². The van der Waals surface area contributed by atoms with Crippen LogP contribution in [0.25, 0.3) is 55.5 Å². The van der Waals surface area contributed by atoms with Crippen molar-refractivity contribution >= 4 is 61.7 Å². The third-order valence-corrected chi connectivity index (χ3v) is 16.5. The van der Waals surface area contributed by atoms with E-state index < -0.39 is 8.07 Å². The molecule has 0 spiro atoms. The lowest BCUT2D eigenvalue weighted by atomic mass is 9.93. The van der Waals surface area contributed by atoms with E-state index in [1.165, 1.54) is 59.2 Å². The summed E-state index contributed by atoms with van der Waals surface area (Å²) in [5.74, 6) is 1.32. The molecule has 0 saturated carbocycles. The van der Waals surface area contributed by atoms with E-state index in [0.717, 1.165) is 22.5 Å². The third-order valence-electron chi connectivity index (χ3n) is 11.8. The molecule has 10 aromatic rings. The van der Waals surface area contributed by atoms with Gasteiger partial charge in [-0.1, -0.05) is 153 Å². The lowest BCUT2D eigenvalue weighted by Gasteiger charge is -2.34. The zero-order valence-electron chi connectivity index (χ0n) is 32.4. The number of para-hydroxylation sites is 3. The molecule has 0 aliphatic heterocycles. The van der Waals surface area contributed by atoms with Gasteiger partial charge >= 0.3 is 0 Å². The second-order valence-corrected chi connectivity index (χ2v) is 19.2. The van der Waals surface area contributed by atoms with Crippen LogP contribution in [-0.2, 0) is 7.05 Å². The van der Waals surface area contributed by atoms with Gasteiger partial charge in [0.15, 0.2) is 19.1 Å². The largest absolute Gasteiger partial charge is 0.294 e. The Kier molecular flexibility index (Phi) is 8.53. The number of aromatic nitrogens is 4. The van der Waals surface area contributed by atoms with E-state index in [9.17, 15) is 0 Å². The summed E-state index contributed by atoms with van der Waals surface area (Å²) < 4.78 is 6.91. The van der Waals surface area contributed by atoms with Crippen molar-refractivity contribution in [1.82, 2.24) is 14.1 Å². The van der Waals surface area contributed by atoms with Gasteiger partial charge in [0, 0.05) is 17.0 Å². The van der Waals surface area contributed by atoms with Gasteiger partial charge < -0.3 is 0 Å². The predicted molar refractivity (Wildman–Crippen MR) is 240 cm³/mol.